The molecule has 0 saturated carbocycles. The summed E-state index contributed by atoms with van der Waals surface area (Å²) in [6, 6.07) is 4.10. The van der Waals surface area contributed by atoms with Crippen molar-refractivity contribution >= 4 is 45.2 Å². The first-order valence-corrected chi connectivity index (χ1v) is 12.5. The minimum Gasteiger partial charge on any atom is -0.495 e. The number of ether oxygens (including phenoxy) is 2. The van der Waals surface area contributed by atoms with Crippen LogP contribution in [0, 0.1) is 5.41 Å². The molecule has 3 aromatic rings. The van der Waals surface area contributed by atoms with Gasteiger partial charge in [0.1, 0.15) is 22.7 Å². The molecule has 34 heavy (non-hydrogen) atoms. The molecule has 8 nitrogen and oxygen atoms in total. The number of methoxy groups -OCH3 is 1. The molecule has 176 valence electrons. The van der Waals surface area contributed by atoms with E-state index in [-0.39, 0.29) is 5.91 Å². The summed E-state index contributed by atoms with van der Waals surface area (Å²) < 4.78 is 11.1. The third kappa shape index (κ3) is 3.54. The van der Waals surface area contributed by atoms with Crippen LogP contribution in [0.2, 0.25) is 0 Å². The summed E-state index contributed by atoms with van der Waals surface area (Å²) in [4.78, 5) is 31.1. The fourth-order valence-electron chi connectivity index (χ4n) is 5.25. The van der Waals surface area contributed by atoms with E-state index in [0.29, 0.717) is 32.8 Å². The Morgan fingerprint density at radius 1 is 1.26 bits per heavy atom. The third-order valence-corrected chi connectivity index (χ3v) is 8.31. The molecule has 1 atom stereocenters. The standard InChI is InChI=1S/C25H27N5O3S/c1-25(24(31)30-5-7-33-8-6-30)4-3-17-20(11-25)34-23-21(17)22(27-14-28-23)29-18-9-15-12-26-13-16(15)10-19(18)32-2/h9-10,12,14H,3-8,11,13H2,1-2H3,(H,27,28,29)/t25-/m0/s1. The molecule has 3 aliphatic rings. The van der Waals surface area contributed by atoms with Gasteiger partial charge in [-0.15, -0.1) is 11.3 Å². The zero-order valence-electron chi connectivity index (χ0n) is 19.4. The molecule has 2 aliphatic heterocycles. The lowest BCUT2D eigenvalue weighted by Gasteiger charge is -2.38. The zero-order chi connectivity index (χ0) is 23.3. The lowest BCUT2D eigenvalue weighted by Crippen LogP contribution is -2.49. The Labute approximate surface area is 202 Å². The van der Waals surface area contributed by atoms with Gasteiger partial charge in [-0.05, 0) is 48.1 Å². The van der Waals surface area contributed by atoms with Crippen molar-refractivity contribution in [3.8, 4) is 5.75 Å². The summed E-state index contributed by atoms with van der Waals surface area (Å²) in [6.07, 6.45) is 5.88. The molecule has 1 fully saturated rings. The predicted octanol–water partition coefficient (Wildman–Crippen LogP) is 3.73. The SMILES string of the molecule is COc1cc2c(cc1Nc1ncnc3sc4c(c13)CC[C@](C)(C(=O)N1CCOCC1)C4)C=NC2. The van der Waals surface area contributed by atoms with Crippen LogP contribution in [-0.2, 0) is 28.9 Å². The number of rotatable bonds is 4. The minimum absolute atomic E-state index is 0.243. The number of morpholine rings is 1. The number of nitrogens with zero attached hydrogens (tertiary/aromatic N) is 4. The van der Waals surface area contributed by atoms with Crippen molar-refractivity contribution in [1.82, 2.24) is 14.9 Å². The molecule has 4 heterocycles. The molecule has 9 heteroatoms. The van der Waals surface area contributed by atoms with Gasteiger partial charge in [-0.1, -0.05) is 6.92 Å². The quantitative estimate of drug-likeness (QED) is 0.616. The smallest absolute Gasteiger partial charge is 0.229 e. The maximum Gasteiger partial charge on any atom is 0.229 e. The van der Waals surface area contributed by atoms with Crippen molar-refractivity contribution in [2.24, 2.45) is 10.4 Å². The molecule has 0 unspecified atom stereocenters. The number of aromatic nitrogens is 2. The Hall–Kier alpha value is -3.04. The number of amides is 1. The monoisotopic (exact) mass is 477 g/mol. The molecule has 1 amide bonds. The molecule has 0 bridgehead atoms. The summed E-state index contributed by atoms with van der Waals surface area (Å²) in [7, 11) is 1.68. The number of thiophene rings is 1. The molecular formula is C25H27N5O3S. The van der Waals surface area contributed by atoms with Crippen LogP contribution in [0.4, 0.5) is 11.5 Å². The van der Waals surface area contributed by atoms with Crippen LogP contribution in [0.25, 0.3) is 10.2 Å². The molecule has 0 spiro atoms. The predicted molar refractivity (Wildman–Crippen MR) is 133 cm³/mol. The highest BCUT2D eigenvalue weighted by Gasteiger charge is 2.41. The number of hydrogen-bond donors (Lipinski definition) is 1. The van der Waals surface area contributed by atoms with Gasteiger partial charge >= 0.3 is 0 Å². The average Bonchev–Trinajstić information content (AvgIpc) is 3.47. The van der Waals surface area contributed by atoms with E-state index in [1.807, 2.05) is 17.2 Å². The Morgan fingerprint density at radius 2 is 2.12 bits per heavy atom. The lowest BCUT2D eigenvalue weighted by molar-refractivity contribution is -0.146. The van der Waals surface area contributed by atoms with Crippen LogP contribution in [0.3, 0.4) is 0 Å². The van der Waals surface area contributed by atoms with Crippen molar-refractivity contribution in [2.75, 3.05) is 38.7 Å². The molecule has 1 saturated heterocycles. The Kier molecular flexibility index (Phi) is 5.26. The second-order valence-electron chi connectivity index (χ2n) is 9.39. The molecule has 0 radical (unpaired) electrons. The molecule has 1 aliphatic carbocycles. The second kappa shape index (κ2) is 8.32. The zero-order valence-corrected chi connectivity index (χ0v) is 20.2. The molecular weight excluding hydrogens is 450 g/mol. The van der Waals surface area contributed by atoms with E-state index >= 15 is 0 Å². The maximum absolute atomic E-state index is 13.4. The van der Waals surface area contributed by atoms with Crippen molar-refractivity contribution in [1.29, 1.82) is 0 Å². The summed E-state index contributed by atoms with van der Waals surface area (Å²) >= 11 is 1.68. The van der Waals surface area contributed by atoms with Crippen LogP contribution in [0.15, 0.2) is 23.5 Å². The number of carbonyl (C=O) groups is 1. The third-order valence-electron chi connectivity index (χ3n) is 7.17. The van der Waals surface area contributed by atoms with E-state index in [9.17, 15) is 4.79 Å². The fraction of sp³-hybridized carbons (Fsp3) is 0.440. The first-order valence-electron chi connectivity index (χ1n) is 11.7. The van der Waals surface area contributed by atoms with E-state index in [4.69, 9.17) is 9.47 Å². The van der Waals surface area contributed by atoms with Gasteiger partial charge in [0.15, 0.2) is 0 Å². The summed E-state index contributed by atoms with van der Waals surface area (Å²) in [5, 5.41) is 4.56. The number of fused-ring (bicyclic) bond motifs is 4. The summed E-state index contributed by atoms with van der Waals surface area (Å²) in [5.74, 6) is 1.79. The first-order chi connectivity index (χ1) is 16.6. The van der Waals surface area contributed by atoms with Crippen LogP contribution < -0.4 is 10.1 Å². The highest BCUT2D eigenvalue weighted by molar-refractivity contribution is 7.19. The van der Waals surface area contributed by atoms with Gasteiger partial charge in [0.05, 0.1) is 43.4 Å². The van der Waals surface area contributed by atoms with Crippen LogP contribution in [0.5, 0.6) is 5.75 Å². The van der Waals surface area contributed by atoms with Gasteiger partial charge in [0.2, 0.25) is 5.91 Å². The van der Waals surface area contributed by atoms with Crippen LogP contribution >= 0.6 is 11.3 Å². The number of hydrogen-bond acceptors (Lipinski definition) is 8. The lowest BCUT2D eigenvalue weighted by atomic mass is 9.74. The molecule has 2 aromatic heterocycles. The number of anilines is 2. The number of aryl methyl sites for hydroxylation is 1. The van der Waals surface area contributed by atoms with E-state index in [0.717, 1.165) is 57.9 Å². The minimum atomic E-state index is -0.394. The second-order valence-corrected chi connectivity index (χ2v) is 10.5. The van der Waals surface area contributed by atoms with Crippen molar-refractivity contribution in [2.45, 2.75) is 32.7 Å². The van der Waals surface area contributed by atoms with Gasteiger partial charge < -0.3 is 19.7 Å². The van der Waals surface area contributed by atoms with E-state index in [1.54, 1.807) is 24.8 Å². The topological polar surface area (TPSA) is 88.9 Å². The van der Waals surface area contributed by atoms with Gasteiger partial charge in [-0.3, -0.25) is 9.79 Å². The van der Waals surface area contributed by atoms with Crippen molar-refractivity contribution in [3.05, 3.63) is 40.0 Å². The summed E-state index contributed by atoms with van der Waals surface area (Å²) in [5.41, 5.74) is 3.98. The Bertz CT molecular complexity index is 1310. The maximum atomic E-state index is 13.4. The Balaban J connectivity index is 1.34. The normalized spacial score (nSPS) is 21.4. The number of aliphatic imine (C=N–C) groups is 1. The van der Waals surface area contributed by atoms with Crippen LogP contribution in [-0.4, -0.2) is 60.4 Å². The fourth-order valence-corrected chi connectivity index (χ4v) is 6.62. The molecule has 1 N–H and O–H groups in total. The van der Waals surface area contributed by atoms with Gasteiger partial charge in [-0.2, -0.15) is 0 Å². The number of benzene rings is 1. The first kappa shape index (κ1) is 21.5. The van der Waals surface area contributed by atoms with E-state index < -0.39 is 5.41 Å². The number of nitrogens with one attached hydrogen (secondary N) is 1. The van der Waals surface area contributed by atoms with Crippen LogP contribution in [0.1, 0.15) is 34.9 Å². The summed E-state index contributed by atoms with van der Waals surface area (Å²) in [6.45, 7) is 5.40. The molecule has 1 aromatic carbocycles. The average molecular weight is 478 g/mol. The Morgan fingerprint density at radius 3 is 2.94 bits per heavy atom. The van der Waals surface area contributed by atoms with Gasteiger partial charge in [0.25, 0.3) is 0 Å². The van der Waals surface area contributed by atoms with Gasteiger partial charge in [0, 0.05) is 24.2 Å². The van der Waals surface area contributed by atoms with Gasteiger partial charge in [-0.25, -0.2) is 9.97 Å². The van der Waals surface area contributed by atoms with Crippen molar-refractivity contribution in [3.63, 3.8) is 0 Å². The number of carbonyl (C=O) groups excluding carboxylic acids is 1. The van der Waals surface area contributed by atoms with E-state index in [1.165, 1.54) is 10.4 Å². The largest absolute Gasteiger partial charge is 0.495 e. The van der Waals surface area contributed by atoms with E-state index in [2.05, 4.69) is 33.3 Å². The highest BCUT2D eigenvalue weighted by Crippen LogP contribution is 2.45. The van der Waals surface area contributed by atoms with Crippen molar-refractivity contribution < 1.29 is 14.3 Å². The molecule has 6 rings (SSSR count). The highest BCUT2D eigenvalue weighted by atomic mass is 32.1.